The zero-order valence-corrected chi connectivity index (χ0v) is 26.6. The van der Waals surface area contributed by atoms with Crippen LogP contribution in [0.15, 0.2) is 76.4 Å². The second-order valence-corrected chi connectivity index (χ2v) is 15.3. The molecule has 0 heterocycles. The van der Waals surface area contributed by atoms with Crippen molar-refractivity contribution < 1.29 is 0 Å². The van der Waals surface area contributed by atoms with E-state index < -0.39 is 29.1 Å². The van der Waals surface area contributed by atoms with Crippen LogP contribution in [0.4, 0.5) is 0 Å². The zero-order valence-electron chi connectivity index (χ0n) is 22.8. The van der Waals surface area contributed by atoms with E-state index in [-0.39, 0.29) is 0 Å². The van der Waals surface area contributed by atoms with Crippen LogP contribution in [0.5, 0.6) is 0 Å². The van der Waals surface area contributed by atoms with E-state index in [9.17, 15) is 0 Å². The summed E-state index contributed by atoms with van der Waals surface area (Å²) in [5.41, 5.74) is 9.09. The van der Waals surface area contributed by atoms with Gasteiger partial charge in [-0.15, -0.1) is 0 Å². The normalized spacial score (nSPS) is 15.1. The molecule has 188 valence electrons. The molecule has 36 heavy (non-hydrogen) atoms. The van der Waals surface area contributed by atoms with Gasteiger partial charge < -0.3 is 0 Å². The Hall–Kier alpha value is -1.37. The Morgan fingerprint density at radius 3 is 1.78 bits per heavy atom. The van der Waals surface area contributed by atoms with E-state index in [0.717, 1.165) is 0 Å². The number of aryl methyl sites for hydroxylation is 1. The predicted octanol–water partition coefficient (Wildman–Crippen LogP) is 9.21. The average Bonchev–Trinajstić information content (AvgIpc) is 3.24. The van der Waals surface area contributed by atoms with Crippen LogP contribution in [0.1, 0.15) is 93.6 Å². The maximum atomic E-state index is 2.58. The van der Waals surface area contributed by atoms with E-state index in [1.807, 2.05) is 3.59 Å². The first-order chi connectivity index (χ1) is 17.7. The van der Waals surface area contributed by atoms with Gasteiger partial charge in [0.05, 0.1) is 0 Å². The summed E-state index contributed by atoms with van der Waals surface area (Å²) in [6.45, 7) is 7.04. The summed E-state index contributed by atoms with van der Waals surface area (Å²) in [7, 11) is -0.487. The van der Waals surface area contributed by atoms with Crippen LogP contribution in [-0.2, 0) is 12.8 Å². The number of rotatable bonds is 13. The Labute approximate surface area is 232 Å². The van der Waals surface area contributed by atoms with Gasteiger partial charge in [-0.1, -0.05) is 0 Å². The van der Waals surface area contributed by atoms with E-state index in [1.165, 1.54) is 68.4 Å². The molecule has 2 heteroatoms. The molecule has 0 nitrogen and oxygen atoms in total. The van der Waals surface area contributed by atoms with Crippen molar-refractivity contribution in [1.29, 1.82) is 0 Å². The van der Waals surface area contributed by atoms with Crippen molar-refractivity contribution in [3.8, 4) is 0 Å². The Balaban J connectivity index is 1.96. The SMILES string of the molecule is CCCCC1=[C]([Sn][CH3])C(P(c2ccccc2)c2ccccc2)c2ccc(CCCC)c(CCCC)c21. The molecule has 1 aliphatic rings. The third kappa shape index (κ3) is 6.02. The van der Waals surface area contributed by atoms with Gasteiger partial charge >= 0.3 is 233 Å². The predicted molar refractivity (Wildman–Crippen MR) is 164 cm³/mol. The van der Waals surface area contributed by atoms with Crippen LogP contribution in [0, 0.1) is 0 Å². The molecule has 0 N–H and O–H groups in total. The van der Waals surface area contributed by atoms with E-state index in [0.29, 0.717) is 5.66 Å². The molecule has 0 saturated heterocycles. The molecule has 3 aromatic rings. The summed E-state index contributed by atoms with van der Waals surface area (Å²) in [5, 5.41) is 3.06. The topological polar surface area (TPSA) is 0 Å². The molecule has 4 rings (SSSR count). The monoisotopic (exact) mass is 602 g/mol. The van der Waals surface area contributed by atoms with Gasteiger partial charge in [-0.05, 0) is 0 Å². The summed E-state index contributed by atoms with van der Waals surface area (Å²) in [6.07, 6.45) is 11.5. The van der Waals surface area contributed by atoms with Crippen molar-refractivity contribution in [3.05, 3.63) is 98.6 Å². The van der Waals surface area contributed by atoms with Gasteiger partial charge in [-0.3, -0.25) is 0 Å². The van der Waals surface area contributed by atoms with E-state index in [4.69, 9.17) is 0 Å². The van der Waals surface area contributed by atoms with Crippen LogP contribution in [0.25, 0.3) is 5.57 Å². The van der Waals surface area contributed by atoms with E-state index in [2.05, 4.69) is 98.5 Å². The Morgan fingerprint density at radius 2 is 1.22 bits per heavy atom. The summed E-state index contributed by atoms with van der Waals surface area (Å²) < 4.78 is 1.89. The van der Waals surface area contributed by atoms with Gasteiger partial charge in [-0.25, -0.2) is 0 Å². The van der Waals surface area contributed by atoms with Gasteiger partial charge in [0.15, 0.2) is 0 Å². The summed E-state index contributed by atoms with van der Waals surface area (Å²) in [5.74, 6) is 0. The molecule has 1 aliphatic carbocycles. The molecule has 0 aliphatic heterocycles. The van der Waals surface area contributed by atoms with Crippen LogP contribution in [-0.4, -0.2) is 21.1 Å². The molecule has 2 radical (unpaired) electrons. The first kappa shape index (κ1) is 27.7. The third-order valence-corrected chi connectivity index (χ3v) is 14.3. The summed E-state index contributed by atoms with van der Waals surface area (Å²) >= 11 is -0.644. The van der Waals surface area contributed by atoms with Gasteiger partial charge in [-0.2, -0.15) is 0 Å². The molecule has 0 spiro atoms. The van der Waals surface area contributed by atoms with Crippen LogP contribution < -0.4 is 10.6 Å². The molecule has 1 unspecified atom stereocenters. The Kier molecular flexibility index (Phi) is 10.7. The van der Waals surface area contributed by atoms with Crippen molar-refractivity contribution in [2.75, 3.05) is 0 Å². The number of hydrogen-bond acceptors (Lipinski definition) is 0. The number of fused-ring (bicyclic) bond motifs is 1. The minimum absolute atomic E-state index is 0.487. The van der Waals surface area contributed by atoms with Crippen molar-refractivity contribution >= 4 is 45.2 Å². The quantitative estimate of drug-likeness (QED) is 0.135. The molecule has 0 aromatic heterocycles. The van der Waals surface area contributed by atoms with Crippen molar-refractivity contribution in [3.63, 3.8) is 0 Å². The molecular weight excluding hydrogens is 558 g/mol. The Bertz CT molecular complexity index is 1090. The fourth-order valence-electron chi connectivity index (χ4n) is 5.78. The fourth-order valence-corrected chi connectivity index (χ4v) is 13.3. The van der Waals surface area contributed by atoms with Crippen LogP contribution >= 0.6 is 7.92 Å². The van der Waals surface area contributed by atoms with Crippen LogP contribution in [0.3, 0.4) is 0 Å². The first-order valence-corrected chi connectivity index (χ1v) is 19.9. The number of allylic oxidation sites excluding steroid dienone is 2. The standard InChI is InChI=1S/C33H40P.CH3.Sn/c1-4-7-16-26-23-24-31-32(25-27(17-8-5-2)33(31)30(26)22-9-6-3)34(28-18-12-10-13-19-28)29-20-14-11-15-21-29;;/h10-15,18-21,23-24,32H,4-9,16-17,22H2,1-3H3;1H3;. The van der Waals surface area contributed by atoms with E-state index >= 15 is 0 Å². The molecule has 0 bridgehead atoms. The molecular formula is C34H43PSn. The van der Waals surface area contributed by atoms with Gasteiger partial charge in [0, 0.05) is 0 Å². The second kappa shape index (κ2) is 14.0. The zero-order chi connectivity index (χ0) is 25.3. The minimum atomic E-state index is -0.644. The fraction of sp³-hybridized carbons (Fsp3) is 0.412. The average molecular weight is 601 g/mol. The summed E-state index contributed by atoms with van der Waals surface area (Å²) in [6, 6.07) is 28.0. The van der Waals surface area contributed by atoms with Crippen LogP contribution in [0.2, 0.25) is 4.94 Å². The summed E-state index contributed by atoms with van der Waals surface area (Å²) in [4.78, 5) is 2.58. The molecule has 3 aromatic carbocycles. The molecule has 0 amide bonds. The maximum absolute atomic E-state index is 2.58. The van der Waals surface area contributed by atoms with Crippen molar-refractivity contribution in [1.82, 2.24) is 0 Å². The van der Waals surface area contributed by atoms with Crippen molar-refractivity contribution in [2.24, 2.45) is 0 Å². The molecule has 1 atom stereocenters. The van der Waals surface area contributed by atoms with Gasteiger partial charge in [0.25, 0.3) is 0 Å². The van der Waals surface area contributed by atoms with Crippen molar-refractivity contribution in [2.45, 2.75) is 89.2 Å². The number of unbranched alkanes of at least 4 members (excludes halogenated alkanes) is 3. The second-order valence-electron chi connectivity index (χ2n) is 10.1. The third-order valence-electron chi connectivity index (χ3n) is 7.59. The molecule has 0 saturated carbocycles. The Morgan fingerprint density at radius 1 is 0.667 bits per heavy atom. The van der Waals surface area contributed by atoms with Gasteiger partial charge in [0.2, 0.25) is 0 Å². The van der Waals surface area contributed by atoms with E-state index in [1.54, 1.807) is 27.8 Å². The van der Waals surface area contributed by atoms with Gasteiger partial charge in [0.1, 0.15) is 0 Å². The number of benzene rings is 3. The molecule has 0 fully saturated rings. The first-order valence-electron chi connectivity index (χ1n) is 14.2. The number of hydrogen-bond donors (Lipinski definition) is 0.